The first-order valence-corrected chi connectivity index (χ1v) is 10.00. The van der Waals surface area contributed by atoms with E-state index in [1.807, 2.05) is 0 Å². The van der Waals surface area contributed by atoms with Crippen LogP contribution in [-0.4, -0.2) is 22.5 Å². The summed E-state index contributed by atoms with van der Waals surface area (Å²) < 4.78 is 5.69. The largest absolute Gasteiger partial charge is 0.494 e. The molecular formula is C21H25N3O4S. The Morgan fingerprint density at radius 2 is 1.69 bits per heavy atom. The second kappa shape index (κ2) is 11.8. The lowest BCUT2D eigenvalue weighted by molar-refractivity contribution is -0.384. The average Bonchev–Trinajstić information content (AvgIpc) is 2.71. The molecule has 0 radical (unpaired) electrons. The van der Waals surface area contributed by atoms with Crippen LogP contribution < -0.4 is 15.4 Å². The molecule has 2 aromatic rings. The first kappa shape index (κ1) is 22.3. The maximum atomic E-state index is 12.3. The van der Waals surface area contributed by atoms with Crippen LogP contribution >= 0.6 is 12.2 Å². The van der Waals surface area contributed by atoms with Crippen molar-refractivity contribution in [3.05, 3.63) is 64.2 Å². The zero-order valence-electron chi connectivity index (χ0n) is 16.3. The molecule has 0 aliphatic carbocycles. The molecule has 8 heteroatoms. The quantitative estimate of drug-likeness (QED) is 0.243. The van der Waals surface area contributed by atoms with Crippen molar-refractivity contribution in [3.63, 3.8) is 0 Å². The lowest BCUT2D eigenvalue weighted by Gasteiger charge is -2.10. The van der Waals surface area contributed by atoms with Gasteiger partial charge in [0.15, 0.2) is 5.11 Å². The van der Waals surface area contributed by atoms with Gasteiger partial charge in [-0.05, 0) is 55.0 Å². The molecule has 0 atom stereocenters. The van der Waals surface area contributed by atoms with Gasteiger partial charge in [0, 0.05) is 23.4 Å². The summed E-state index contributed by atoms with van der Waals surface area (Å²) in [4.78, 5) is 22.5. The number of carbonyl (C=O) groups excluding carboxylic acids is 1. The number of hydrogen-bond donors (Lipinski definition) is 2. The van der Waals surface area contributed by atoms with Crippen LogP contribution in [0.4, 0.5) is 11.4 Å². The number of non-ortho nitro benzene ring substituents is 1. The van der Waals surface area contributed by atoms with Gasteiger partial charge in [-0.25, -0.2) is 0 Å². The Morgan fingerprint density at radius 3 is 2.31 bits per heavy atom. The smallest absolute Gasteiger partial charge is 0.269 e. The SMILES string of the molecule is CCCCCCCOc1ccc(C(=O)NC(=S)Nc2ccc([N+](=O)[O-])cc2)cc1. The average molecular weight is 416 g/mol. The van der Waals surface area contributed by atoms with E-state index in [2.05, 4.69) is 17.6 Å². The van der Waals surface area contributed by atoms with E-state index in [9.17, 15) is 14.9 Å². The van der Waals surface area contributed by atoms with Gasteiger partial charge in [0.1, 0.15) is 5.75 Å². The molecule has 0 aromatic heterocycles. The van der Waals surface area contributed by atoms with Crippen molar-refractivity contribution in [2.45, 2.75) is 39.0 Å². The molecule has 0 heterocycles. The van der Waals surface area contributed by atoms with E-state index < -0.39 is 4.92 Å². The molecule has 7 nitrogen and oxygen atoms in total. The molecule has 154 valence electrons. The van der Waals surface area contributed by atoms with Crippen LogP contribution in [0.5, 0.6) is 5.75 Å². The van der Waals surface area contributed by atoms with E-state index in [1.54, 1.807) is 24.3 Å². The summed E-state index contributed by atoms with van der Waals surface area (Å²) in [5.74, 6) is 0.374. The Kier molecular flexibility index (Phi) is 9.04. The van der Waals surface area contributed by atoms with E-state index in [4.69, 9.17) is 17.0 Å². The summed E-state index contributed by atoms with van der Waals surface area (Å²) in [5, 5.41) is 16.2. The molecule has 0 saturated heterocycles. The minimum absolute atomic E-state index is 0.0197. The number of hydrogen-bond acceptors (Lipinski definition) is 5. The highest BCUT2D eigenvalue weighted by molar-refractivity contribution is 7.80. The van der Waals surface area contributed by atoms with Crippen molar-refractivity contribution in [2.24, 2.45) is 0 Å². The lowest BCUT2D eigenvalue weighted by Crippen LogP contribution is -2.34. The number of nitrogens with one attached hydrogen (secondary N) is 2. The third-order valence-electron chi connectivity index (χ3n) is 4.20. The molecule has 0 aliphatic heterocycles. The number of rotatable bonds is 10. The summed E-state index contributed by atoms with van der Waals surface area (Å²) in [5.41, 5.74) is 0.977. The molecule has 0 aliphatic rings. The fourth-order valence-corrected chi connectivity index (χ4v) is 2.81. The molecule has 2 aromatic carbocycles. The topological polar surface area (TPSA) is 93.5 Å². The highest BCUT2D eigenvalue weighted by Crippen LogP contribution is 2.16. The molecule has 0 spiro atoms. The van der Waals surface area contributed by atoms with E-state index in [0.29, 0.717) is 17.9 Å². The number of anilines is 1. The van der Waals surface area contributed by atoms with Crippen LogP contribution in [0.3, 0.4) is 0 Å². The third kappa shape index (κ3) is 7.87. The predicted octanol–water partition coefficient (Wildman–Crippen LogP) is 5.07. The number of nitro benzene ring substituents is 1. The van der Waals surface area contributed by atoms with Gasteiger partial charge < -0.3 is 10.1 Å². The molecule has 1 amide bonds. The summed E-state index contributed by atoms with van der Waals surface area (Å²) in [6.07, 6.45) is 5.88. The number of nitrogens with zero attached hydrogens (tertiary/aromatic N) is 1. The Bertz CT molecular complexity index is 823. The number of unbranched alkanes of at least 4 members (excludes halogenated alkanes) is 4. The maximum absolute atomic E-state index is 12.3. The second-order valence-corrected chi connectivity index (χ2v) is 6.91. The monoisotopic (exact) mass is 415 g/mol. The highest BCUT2D eigenvalue weighted by atomic mass is 32.1. The third-order valence-corrected chi connectivity index (χ3v) is 4.40. The minimum atomic E-state index is -0.482. The number of carbonyl (C=O) groups is 1. The first-order chi connectivity index (χ1) is 14.0. The van der Waals surface area contributed by atoms with E-state index >= 15 is 0 Å². The van der Waals surface area contributed by atoms with Gasteiger partial charge in [0.05, 0.1) is 11.5 Å². The van der Waals surface area contributed by atoms with E-state index in [-0.39, 0.29) is 16.7 Å². The van der Waals surface area contributed by atoms with Crippen molar-refractivity contribution < 1.29 is 14.5 Å². The molecule has 2 rings (SSSR count). The van der Waals surface area contributed by atoms with Crippen molar-refractivity contribution in [1.29, 1.82) is 0 Å². The molecular weight excluding hydrogens is 390 g/mol. The number of thiocarbonyl (C=S) groups is 1. The number of benzene rings is 2. The van der Waals surface area contributed by atoms with Crippen molar-refractivity contribution >= 4 is 34.6 Å². The Labute approximate surface area is 175 Å². The summed E-state index contributed by atoms with van der Waals surface area (Å²) in [6.45, 7) is 2.85. The van der Waals surface area contributed by atoms with Crippen LogP contribution in [0.2, 0.25) is 0 Å². The van der Waals surface area contributed by atoms with Gasteiger partial charge in [-0.1, -0.05) is 32.6 Å². The van der Waals surface area contributed by atoms with Crippen LogP contribution in [-0.2, 0) is 0 Å². The van der Waals surface area contributed by atoms with Crippen LogP contribution in [0, 0.1) is 10.1 Å². The van der Waals surface area contributed by atoms with Crippen molar-refractivity contribution in [1.82, 2.24) is 5.32 Å². The lowest BCUT2D eigenvalue weighted by atomic mass is 10.2. The molecule has 0 bridgehead atoms. The van der Waals surface area contributed by atoms with Gasteiger partial charge in [-0.3, -0.25) is 20.2 Å². The summed E-state index contributed by atoms with van der Waals surface area (Å²) in [6, 6.07) is 12.6. The molecule has 0 fully saturated rings. The standard InChI is InChI=1S/C21H25N3O4S/c1-2-3-4-5-6-15-28-19-13-7-16(8-14-19)20(25)23-21(29)22-17-9-11-18(12-10-17)24(26)27/h7-14H,2-6,15H2,1H3,(H2,22,23,25,29). The Morgan fingerprint density at radius 1 is 1.03 bits per heavy atom. The zero-order chi connectivity index (χ0) is 21.1. The fourth-order valence-electron chi connectivity index (χ4n) is 2.60. The summed E-state index contributed by atoms with van der Waals surface area (Å²) in [7, 11) is 0. The number of amides is 1. The first-order valence-electron chi connectivity index (χ1n) is 9.59. The minimum Gasteiger partial charge on any atom is -0.494 e. The predicted molar refractivity (Wildman–Crippen MR) is 117 cm³/mol. The number of ether oxygens (including phenoxy) is 1. The van der Waals surface area contributed by atoms with Crippen LogP contribution in [0.15, 0.2) is 48.5 Å². The molecule has 0 unspecified atom stereocenters. The normalized spacial score (nSPS) is 10.2. The van der Waals surface area contributed by atoms with Gasteiger partial charge in [-0.2, -0.15) is 0 Å². The zero-order valence-corrected chi connectivity index (χ0v) is 17.2. The Hall–Kier alpha value is -3.00. The fraction of sp³-hybridized carbons (Fsp3) is 0.333. The molecule has 0 saturated carbocycles. The Balaban J connectivity index is 1.77. The van der Waals surface area contributed by atoms with E-state index in [0.717, 1.165) is 18.6 Å². The molecule has 2 N–H and O–H groups in total. The van der Waals surface area contributed by atoms with Gasteiger partial charge in [0.25, 0.3) is 11.6 Å². The number of nitro groups is 1. The summed E-state index contributed by atoms with van der Waals surface area (Å²) >= 11 is 5.12. The van der Waals surface area contributed by atoms with Crippen LogP contribution in [0.1, 0.15) is 49.4 Å². The van der Waals surface area contributed by atoms with Crippen molar-refractivity contribution in [2.75, 3.05) is 11.9 Å². The maximum Gasteiger partial charge on any atom is 0.269 e. The highest BCUT2D eigenvalue weighted by Gasteiger charge is 2.09. The van der Waals surface area contributed by atoms with Gasteiger partial charge in [-0.15, -0.1) is 0 Å². The van der Waals surface area contributed by atoms with Gasteiger partial charge >= 0.3 is 0 Å². The molecule has 29 heavy (non-hydrogen) atoms. The second-order valence-electron chi connectivity index (χ2n) is 6.50. The van der Waals surface area contributed by atoms with Gasteiger partial charge in [0.2, 0.25) is 0 Å². The van der Waals surface area contributed by atoms with E-state index in [1.165, 1.54) is 43.5 Å². The van der Waals surface area contributed by atoms with Crippen LogP contribution in [0.25, 0.3) is 0 Å². The van der Waals surface area contributed by atoms with Crippen molar-refractivity contribution in [3.8, 4) is 5.75 Å².